The smallest absolute Gasteiger partial charge is 0.333 e. The molecule has 1 aliphatic rings. The van der Waals surface area contributed by atoms with Crippen molar-refractivity contribution in [1.29, 1.82) is 0 Å². The number of nitrogens with zero attached hydrogens (tertiary/aromatic N) is 4. The Morgan fingerprint density at radius 2 is 2.19 bits per heavy atom. The molecule has 1 aliphatic carbocycles. The molecular formula is C17H21ClN6O3. The number of esters is 1. The monoisotopic (exact) mass is 392 g/mol. The van der Waals surface area contributed by atoms with Gasteiger partial charge < -0.3 is 10.1 Å². The summed E-state index contributed by atoms with van der Waals surface area (Å²) in [4.78, 5) is 35.0. The molecule has 0 bridgehead atoms. The molecule has 2 aromatic rings. The van der Waals surface area contributed by atoms with Gasteiger partial charge in [-0.2, -0.15) is 5.10 Å². The van der Waals surface area contributed by atoms with E-state index in [2.05, 4.69) is 32.1 Å². The summed E-state index contributed by atoms with van der Waals surface area (Å²) in [7, 11) is 3.07. The number of methoxy groups -OCH3 is 1. The summed E-state index contributed by atoms with van der Waals surface area (Å²) in [5.74, 6) is -0.231. The van der Waals surface area contributed by atoms with Crippen LogP contribution in [-0.2, 0) is 16.6 Å². The third kappa shape index (κ3) is 3.73. The van der Waals surface area contributed by atoms with E-state index in [9.17, 15) is 9.59 Å². The Labute approximate surface area is 161 Å². The number of amides is 1. The van der Waals surface area contributed by atoms with E-state index in [4.69, 9.17) is 16.5 Å². The topological polar surface area (TPSA) is 111 Å². The average Bonchev–Trinajstić information content (AvgIpc) is 3.02. The lowest BCUT2D eigenvalue weighted by molar-refractivity contribution is -0.136. The maximum atomic E-state index is 12.7. The predicted octanol–water partition coefficient (Wildman–Crippen LogP) is 1.95. The van der Waals surface area contributed by atoms with Crippen molar-refractivity contribution in [2.45, 2.75) is 26.2 Å². The molecule has 2 heterocycles. The summed E-state index contributed by atoms with van der Waals surface area (Å²) < 4.78 is 6.28. The van der Waals surface area contributed by atoms with Crippen molar-refractivity contribution in [3.05, 3.63) is 23.7 Å². The first-order valence-electron chi connectivity index (χ1n) is 8.48. The van der Waals surface area contributed by atoms with Crippen molar-refractivity contribution in [2.24, 2.45) is 12.5 Å². The van der Waals surface area contributed by atoms with Crippen LogP contribution >= 0.6 is 11.8 Å². The Hall–Kier alpha value is -2.68. The zero-order chi connectivity index (χ0) is 19.6. The number of ether oxygens (including phenoxy) is 1. The SMILES string of the molecule is COC(=O)C1=CCC(C)(CNC(=O)c2ncnc3c(NCl)nn(C)c23)CC1. The predicted molar refractivity (Wildman–Crippen MR) is 100 cm³/mol. The third-order valence-corrected chi connectivity index (χ3v) is 5.07. The highest BCUT2D eigenvalue weighted by atomic mass is 35.5. The van der Waals surface area contributed by atoms with Crippen molar-refractivity contribution in [3.63, 3.8) is 0 Å². The number of aromatic nitrogens is 4. The number of allylic oxidation sites excluding steroid dienone is 1. The van der Waals surface area contributed by atoms with Crippen LogP contribution in [0.4, 0.5) is 5.82 Å². The molecule has 10 heteroatoms. The zero-order valence-electron chi connectivity index (χ0n) is 15.4. The molecule has 1 unspecified atom stereocenters. The molecule has 0 fully saturated rings. The van der Waals surface area contributed by atoms with Gasteiger partial charge >= 0.3 is 5.97 Å². The molecule has 0 saturated carbocycles. The Morgan fingerprint density at radius 3 is 2.81 bits per heavy atom. The molecule has 1 amide bonds. The van der Waals surface area contributed by atoms with E-state index in [1.807, 2.05) is 6.08 Å². The number of anilines is 1. The lowest BCUT2D eigenvalue weighted by Crippen LogP contribution is -2.37. The van der Waals surface area contributed by atoms with E-state index < -0.39 is 0 Å². The summed E-state index contributed by atoms with van der Waals surface area (Å²) in [6.45, 7) is 2.54. The fourth-order valence-corrected chi connectivity index (χ4v) is 3.33. The fourth-order valence-electron chi connectivity index (χ4n) is 3.20. The van der Waals surface area contributed by atoms with Gasteiger partial charge in [0.15, 0.2) is 11.5 Å². The number of carbonyl (C=O) groups is 2. The maximum Gasteiger partial charge on any atom is 0.333 e. The number of hydrogen-bond acceptors (Lipinski definition) is 7. The van der Waals surface area contributed by atoms with E-state index in [-0.39, 0.29) is 23.0 Å². The zero-order valence-corrected chi connectivity index (χ0v) is 16.1. The molecule has 0 aliphatic heterocycles. The Balaban J connectivity index is 1.74. The van der Waals surface area contributed by atoms with Crippen LogP contribution in [0.5, 0.6) is 0 Å². The number of halogens is 1. The van der Waals surface area contributed by atoms with Crippen LogP contribution in [0.3, 0.4) is 0 Å². The molecule has 144 valence electrons. The number of hydrogen-bond donors (Lipinski definition) is 2. The summed E-state index contributed by atoms with van der Waals surface area (Å²) in [6.07, 6.45) is 5.29. The molecule has 2 aromatic heterocycles. The summed E-state index contributed by atoms with van der Waals surface area (Å²) in [5, 5.41) is 7.13. The number of carbonyl (C=O) groups excluding carboxylic acids is 2. The molecular weight excluding hydrogens is 372 g/mol. The van der Waals surface area contributed by atoms with Gasteiger partial charge in [-0.25, -0.2) is 14.8 Å². The second-order valence-corrected chi connectivity index (χ2v) is 7.09. The largest absolute Gasteiger partial charge is 0.466 e. The van der Waals surface area contributed by atoms with E-state index in [1.54, 1.807) is 7.05 Å². The minimum Gasteiger partial charge on any atom is -0.466 e. The van der Waals surface area contributed by atoms with Gasteiger partial charge in [0.2, 0.25) is 0 Å². The molecule has 27 heavy (non-hydrogen) atoms. The molecule has 0 saturated heterocycles. The van der Waals surface area contributed by atoms with E-state index in [1.165, 1.54) is 18.1 Å². The molecule has 0 aromatic carbocycles. The van der Waals surface area contributed by atoms with Crippen molar-refractivity contribution in [1.82, 2.24) is 25.1 Å². The molecule has 9 nitrogen and oxygen atoms in total. The highest BCUT2D eigenvalue weighted by molar-refractivity contribution is 6.25. The van der Waals surface area contributed by atoms with Crippen LogP contribution in [0.1, 0.15) is 36.7 Å². The first-order valence-corrected chi connectivity index (χ1v) is 8.86. The van der Waals surface area contributed by atoms with Crippen molar-refractivity contribution >= 4 is 40.5 Å². The van der Waals surface area contributed by atoms with Crippen molar-refractivity contribution in [3.8, 4) is 0 Å². The second-order valence-electron chi connectivity index (χ2n) is 6.90. The van der Waals surface area contributed by atoms with Gasteiger partial charge in [-0.05, 0) is 24.7 Å². The average molecular weight is 393 g/mol. The normalized spacial score (nSPS) is 19.5. The Bertz CT molecular complexity index is 925. The highest BCUT2D eigenvalue weighted by Crippen LogP contribution is 2.35. The minimum absolute atomic E-state index is 0.144. The lowest BCUT2D eigenvalue weighted by atomic mass is 9.76. The second kappa shape index (κ2) is 7.51. The first-order chi connectivity index (χ1) is 12.9. The lowest BCUT2D eigenvalue weighted by Gasteiger charge is -2.32. The summed E-state index contributed by atoms with van der Waals surface area (Å²) in [6, 6.07) is 0. The van der Waals surface area contributed by atoms with Gasteiger partial charge in [0.05, 0.1) is 7.11 Å². The van der Waals surface area contributed by atoms with Crippen LogP contribution in [0, 0.1) is 5.41 Å². The van der Waals surface area contributed by atoms with Gasteiger partial charge in [-0.15, -0.1) is 0 Å². The van der Waals surface area contributed by atoms with Crippen LogP contribution in [0.25, 0.3) is 11.0 Å². The van der Waals surface area contributed by atoms with Crippen LogP contribution in [0.2, 0.25) is 0 Å². The standard InChI is InChI=1S/C17H21ClN6O3/c1-17(6-4-10(5-7-17)16(26)27-3)8-19-15(25)12-13-11(20-9-21-12)14(22-18)23-24(13)2/h4,9H,5-8H2,1-3H3,(H,19,25)(H,22,23). The van der Waals surface area contributed by atoms with Gasteiger partial charge in [0, 0.05) is 30.9 Å². The molecule has 3 rings (SSSR count). The van der Waals surface area contributed by atoms with Crippen molar-refractivity contribution < 1.29 is 14.3 Å². The highest BCUT2D eigenvalue weighted by Gasteiger charge is 2.30. The van der Waals surface area contributed by atoms with Crippen LogP contribution in [0.15, 0.2) is 18.0 Å². The van der Waals surface area contributed by atoms with Gasteiger partial charge in [-0.3, -0.25) is 14.3 Å². The van der Waals surface area contributed by atoms with Gasteiger partial charge in [0.25, 0.3) is 5.91 Å². The maximum absolute atomic E-state index is 12.7. The minimum atomic E-state index is -0.310. The van der Waals surface area contributed by atoms with E-state index in [0.29, 0.717) is 41.8 Å². The third-order valence-electron chi connectivity index (χ3n) is 4.89. The van der Waals surface area contributed by atoms with Crippen LogP contribution < -0.4 is 10.2 Å². The number of fused-ring (bicyclic) bond motifs is 1. The van der Waals surface area contributed by atoms with Crippen LogP contribution in [-0.4, -0.2) is 45.3 Å². The number of rotatable bonds is 5. The molecule has 0 spiro atoms. The fraction of sp³-hybridized carbons (Fsp3) is 0.471. The van der Waals surface area contributed by atoms with Crippen molar-refractivity contribution in [2.75, 3.05) is 18.5 Å². The first kappa shape index (κ1) is 19.1. The van der Waals surface area contributed by atoms with E-state index >= 15 is 0 Å². The van der Waals surface area contributed by atoms with Gasteiger partial charge in [0.1, 0.15) is 17.4 Å². The molecule has 0 radical (unpaired) electrons. The van der Waals surface area contributed by atoms with E-state index in [0.717, 1.165) is 6.42 Å². The summed E-state index contributed by atoms with van der Waals surface area (Å²) in [5.41, 5.74) is 1.75. The van der Waals surface area contributed by atoms with Gasteiger partial charge in [-0.1, -0.05) is 13.0 Å². The Morgan fingerprint density at radius 1 is 1.41 bits per heavy atom. The number of nitrogens with one attached hydrogen (secondary N) is 2. The number of aryl methyl sites for hydroxylation is 1. The summed E-state index contributed by atoms with van der Waals surface area (Å²) >= 11 is 5.65. The molecule has 2 N–H and O–H groups in total. The molecule has 1 atom stereocenters. The Kier molecular flexibility index (Phi) is 5.31. The quantitative estimate of drug-likeness (QED) is 0.590.